The molecule has 0 unspecified atom stereocenters. The molecule has 1 amide bonds. The minimum Gasteiger partial charge on any atom is -0.373 e. The van der Waals surface area contributed by atoms with Crippen molar-refractivity contribution in [1.82, 2.24) is 0 Å². The number of nitrogens with zero attached hydrogens (tertiary/aromatic N) is 2. The van der Waals surface area contributed by atoms with Crippen LogP contribution in [-0.4, -0.2) is 33.1 Å². The number of rotatable bonds is 3. The van der Waals surface area contributed by atoms with Gasteiger partial charge >= 0.3 is 0 Å². The van der Waals surface area contributed by atoms with Gasteiger partial charge < -0.3 is 15.5 Å². The molecule has 4 heteroatoms. The fraction of sp³-hybridized carbons (Fsp3) is 0.417. The molecule has 0 fully saturated rings. The minimum atomic E-state index is 0.161. The van der Waals surface area contributed by atoms with Crippen molar-refractivity contribution in [3.8, 4) is 0 Å². The van der Waals surface area contributed by atoms with Crippen LogP contribution < -0.4 is 15.5 Å². The number of carbonyl (C=O) groups excluding carboxylic acids is 1. The summed E-state index contributed by atoms with van der Waals surface area (Å²) in [6, 6.07) is 6.11. The Bertz CT molecular complexity index is 417. The van der Waals surface area contributed by atoms with Crippen LogP contribution in [0.3, 0.4) is 0 Å². The van der Waals surface area contributed by atoms with E-state index in [1.807, 2.05) is 26.2 Å². The summed E-state index contributed by atoms with van der Waals surface area (Å²) in [5.41, 5.74) is 8.77. The molecule has 1 aromatic rings. The summed E-state index contributed by atoms with van der Waals surface area (Å²) in [4.78, 5) is 15.3. The molecule has 0 saturated carbocycles. The average molecular weight is 219 g/mol. The molecule has 4 nitrogen and oxygen atoms in total. The first-order valence-corrected chi connectivity index (χ1v) is 5.44. The predicted octanol–water partition coefficient (Wildman–Crippen LogP) is 0.600. The molecule has 1 aliphatic heterocycles. The molecule has 1 aliphatic rings. The number of fused-ring (bicyclic) bond motifs is 1. The highest BCUT2D eigenvalue weighted by atomic mass is 16.2. The standard InChI is InChI=1S/C12H17N3O/c1-14(6-5-13)10-3-4-11-9(7-10)8-12(16)15(11)2/h3-4,7H,5-6,8,13H2,1-2H3. The summed E-state index contributed by atoms with van der Waals surface area (Å²) in [5.74, 6) is 0.161. The van der Waals surface area contributed by atoms with Gasteiger partial charge in [-0.2, -0.15) is 0 Å². The fourth-order valence-electron chi connectivity index (χ4n) is 2.02. The fourth-order valence-corrected chi connectivity index (χ4v) is 2.02. The van der Waals surface area contributed by atoms with Crippen LogP contribution in [0.4, 0.5) is 11.4 Å². The third-order valence-electron chi connectivity index (χ3n) is 3.05. The first kappa shape index (κ1) is 11.0. The zero-order chi connectivity index (χ0) is 11.7. The Labute approximate surface area is 95.6 Å². The lowest BCUT2D eigenvalue weighted by Gasteiger charge is -2.19. The van der Waals surface area contributed by atoms with Crippen LogP contribution in [0, 0.1) is 0 Å². The molecule has 0 radical (unpaired) electrons. The molecule has 1 aromatic carbocycles. The Morgan fingerprint density at radius 2 is 2.25 bits per heavy atom. The first-order valence-electron chi connectivity index (χ1n) is 5.44. The second-order valence-corrected chi connectivity index (χ2v) is 4.15. The third-order valence-corrected chi connectivity index (χ3v) is 3.05. The molecule has 0 saturated heterocycles. The van der Waals surface area contributed by atoms with Crippen molar-refractivity contribution in [1.29, 1.82) is 0 Å². The zero-order valence-corrected chi connectivity index (χ0v) is 9.73. The molecule has 1 heterocycles. The second-order valence-electron chi connectivity index (χ2n) is 4.15. The van der Waals surface area contributed by atoms with E-state index in [0.717, 1.165) is 23.5 Å². The van der Waals surface area contributed by atoms with E-state index in [2.05, 4.69) is 11.0 Å². The average Bonchev–Trinajstić information content (AvgIpc) is 2.55. The number of likely N-dealkylation sites (N-methyl/N-ethyl adjacent to an activating group) is 2. The van der Waals surface area contributed by atoms with Gasteiger partial charge in [0, 0.05) is 38.6 Å². The lowest BCUT2D eigenvalue weighted by atomic mass is 10.1. The minimum absolute atomic E-state index is 0.161. The number of carbonyl (C=O) groups is 1. The Morgan fingerprint density at radius 1 is 1.50 bits per heavy atom. The van der Waals surface area contributed by atoms with Gasteiger partial charge in [0.1, 0.15) is 0 Å². The van der Waals surface area contributed by atoms with Crippen LogP contribution in [0.15, 0.2) is 18.2 Å². The summed E-state index contributed by atoms with van der Waals surface area (Å²) in [6.45, 7) is 1.45. The van der Waals surface area contributed by atoms with Gasteiger partial charge in [-0.1, -0.05) is 0 Å². The van der Waals surface area contributed by atoms with Crippen molar-refractivity contribution < 1.29 is 4.79 Å². The van der Waals surface area contributed by atoms with E-state index in [1.54, 1.807) is 4.90 Å². The smallest absolute Gasteiger partial charge is 0.231 e. The molecule has 0 bridgehead atoms. The summed E-state index contributed by atoms with van der Waals surface area (Å²) in [5, 5.41) is 0. The number of benzene rings is 1. The molecule has 0 spiro atoms. The van der Waals surface area contributed by atoms with Crippen LogP contribution in [0.2, 0.25) is 0 Å². The van der Waals surface area contributed by atoms with Crippen molar-refractivity contribution in [3.05, 3.63) is 23.8 Å². The highest BCUT2D eigenvalue weighted by Gasteiger charge is 2.24. The lowest BCUT2D eigenvalue weighted by Crippen LogP contribution is -2.24. The van der Waals surface area contributed by atoms with E-state index in [9.17, 15) is 4.79 Å². The summed E-state index contributed by atoms with van der Waals surface area (Å²) >= 11 is 0. The zero-order valence-electron chi connectivity index (χ0n) is 9.73. The first-order chi connectivity index (χ1) is 7.63. The Kier molecular flexibility index (Phi) is 2.83. The van der Waals surface area contributed by atoms with Gasteiger partial charge in [0.05, 0.1) is 6.42 Å². The SMILES string of the molecule is CN(CCN)c1ccc2c(c1)CC(=O)N2C. The van der Waals surface area contributed by atoms with Crippen molar-refractivity contribution in [2.75, 3.05) is 37.0 Å². The predicted molar refractivity (Wildman–Crippen MR) is 65.9 cm³/mol. The van der Waals surface area contributed by atoms with Gasteiger partial charge in [0.15, 0.2) is 0 Å². The van der Waals surface area contributed by atoms with Gasteiger partial charge in [-0.25, -0.2) is 0 Å². The second kappa shape index (κ2) is 4.14. The maximum atomic E-state index is 11.5. The number of nitrogens with two attached hydrogens (primary N) is 1. The van der Waals surface area contributed by atoms with Gasteiger partial charge in [-0.3, -0.25) is 4.79 Å². The molecule has 2 N–H and O–H groups in total. The molecule has 0 atom stereocenters. The van der Waals surface area contributed by atoms with E-state index >= 15 is 0 Å². The topological polar surface area (TPSA) is 49.6 Å². The van der Waals surface area contributed by atoms with E-state index in [0.29, 0.717) is 13.0 Å². The molecule has 0 aromatic heterocycles. The van der Waals surface area contributed by atoms with Gasteiger partial charge in [-0.05, 0) is 23.8 Å². The molecule has 86 valence electrons. The maximum absolute atomic E-state index is 11.5. The number of hydrogen-bond donors (Lipinski definition) is 1. The van der Waals surface area contributed by atoms with Crippen LogP contribution >= 0.6 is 0 Å². The van der Waals surface area contributed by atoms with E-state index in [1.165, 1.54) is 0 Å². The highest BCUT2D eigenvalue weighted by Crippen LogP contribution is 2.30. The van der Waals surface area contributed by atoms with Crippen LogP contribution in [-0.2, 0) is 11.2 Å². The largest absolute Gasteiger partial charge is 0.373 e. The van der Waals surface area contributed by atoms with Crippen LogP contribution in [0.25, 0.3) is 0 Å². The van der Waals surface area contributed by atoms with Crippen molar-refractivity contribution in [3.63, 3.8) is 0 Å². The van der Waals surface area contributed by atoms with Gasteiger partial charge in [0.2, 0.25) is 5.91 Å². The van der Waals surface area contributed by atoms with Crippen LogP contribution in [0.5, 0.6) is 0 Å². The van der Waals surface area contributed by atoms with Gasteiger partial charge in [0.25, 0.3) is 0 Å². The van der Waals surface area contributed by atoms with Crippen molar-refractivity contribution >= 4 is 17.3 Å². The molecule has 0 aliphatic carbocycles. The lowest BCUT2D eigenvalue weighted by molar-refractivity contribution is -0.117. The Balaban J connectivity index is 2.28. The molecular weight excluding hydrogens is 202 g/mol. The summed E-state index contributed by atoms with van der Waals surface area (Å²) in [7, 11) is 3.83. The van der Waals surface area contributed by atoms with Crippen LogP contribution in [0.1, 0.15) is 5.56 Å². The molecular formula is C12H17N3O. The Hall–Kier alpha value is -1.55. The summed E-state index contributed by atoms with van der Waals surface area (Å²) < 4.78 is 0. The molecule has 16 heavy (non-hydrogen) atoms. The maximum Gasteiger partial charge on any atom is 0.231 e. The van der Waals surface area contributed by atoms with Crippen molar-refractivity contribution in [2.24, 2.45) is 5.73 Å². The third kappa shape index (κ3) is 1.76. The van der Waals surface area contributed by atoms with E-state index in [4.69, 9.17) is 5.73 Å². The normalized spacial score (nSPS) is 14.2. The van der Waals surface area contributed by atoms with Crippen molar-refractivity contribution in [2.45, 2.75) is 6.42 Å². The quantitative estimate of drug-likeness (QED) is 0.810. The Morgan fingerprint density at radius 3 is 2.94 bits per heavy atom. The highest BCUT2D eigenvalue weighted by molar-refractivity contribution is 6.01. The number of anilines is 2. The van der Waals surface area contributed by atoms with E-state index in [-0.39, 0.29) is 5.91 Å². The van der Waals surface area contributed by atoms with E-state index < -0.39 is 0 Å². The molecule has 2 rings (SSSR count). The summed E-state index contributed by atoms with van der Waals surface area (Å²) in [6.07, 6.45) is 0.510. The number of amides is 1. The van der Waals surface area contributed by atoms with Gasteiger partial charge in [-0.15, -0.1) is 0 Å². The number of hydrogen-bond acceptors (Lipinski definition) is 3. The monoisotopic (exact) mass is 219 g/mol.